The highest BCUT2D eigenvalue weighted by Gasteiger charge is 2.06. The number of ether oxygens (including phenoxy) is 1. The molecule has 0 fully saturated rings. The highest BCUT2D eigenvalue weighted by atomic mass is 16.5. The second-order valence-electron chi connectivity index (χ2n) is 7.42. The van der Waals surface area contributed by atoms with E-state index in [0.717, 1.165) is 32.1 Å². The van der Waals surface area contributed by atoms with Gasteiger partial charge < -0.3 is 10.1 Å². The highest BCUT2D eigenvalue weighted by molar-refractivity contribution is 5.66. The normalized spacial score (nSPS) is 10.4. The van der Waals surface area contributed by atoms with Crippen LogP contribution in [0.25, 0.3) is 0 Å². The summed E-state index contributed by atoms with van der Waals surface area (Å²) in [7, 11) is 0. The molecule has 0 atom stereocenters. The number of amides is 1. The van der Waals surface area contributed by atoms with Crippen LogP contribution < -0.4 is 9.88 Å². The summed E-state index contributed by atoms with van der Waals surface area (Å²) in [6, 6.07) is 4.23. The number of aliphatic imine (C=N–C) groups is 1. The Bertz CT molecular complexity index is 601. The minimum Gasteiger partial charge on any atom is -0.443 e. The van der Waals surface area contributed by atoms with Crippen LogP contribution in [0.3, 0.4) is 0 Å². The van der Waals surface area contributed by atoms with Crippen LogP contribution in [-0.4, -0.2) is 31.9 Å². The third kappa shape index (κ3) is 14.5. The fourth-order valence-electron chi connectivity index (χ4n) is 3.17. The van der Waals surface area contributed by atoms with Crippen LogP contribution in [0.15, 0.2) is 29.5 Å². The second-order valence-corrected chi connectivity index (χ2v) is 7.42. The lowest BCUT2D eigenvalue weighted by atomic mass is 10.1. The van der Waals surface area contributed by atoms with Crippen LogP contribution in [-0.2, 0) is 22.5 Å². The van der Waals surface area contributed by atoms with Gasteiger partial charge in [-0.1, -0.05) is 51.9 Å². The van der Waals surface area contributed by atoms with Gasteiger partial charge in [0.2, 0.25) is 6.08 Å². The van der Waals surface area contributed by atoms with Crippen molar-refractivity contribution < 1.29 is 18.9 Å². The zero-order chi connectivity index (χ0) is 21.0. The number of nitrogens with one attached hydrogen (secondary N) is 1. The van der Waals surface area contributed by atoms with Gasteiger partial charge in [-0.05, 0) is 31.7 Å². The van der Waals surface area contributed by atoms with Crippen LogP contribution in [0.2, 0.25) is 0 Å². The van der Waals surface area contributed by atoms with Crippen molar-refractivity contribution in [2.45, 2.75) is 84.1 Å². The van der Waals surface area contributed by atoms with Crippen molar-refractivity contribution in [3.05, 3.63) is 30.1 Å². The van der Waals surface area contributed by atoms with Crippen LogP contribution >= 0.6 is 0 Å². The number of alkyl carbamates (subject to hydrolysis) is 1. The minimum absolute atomic E-state index is 0.362. The van der Waals surface area contributed by atoms with Gasteiger partial charge in [-0.2, -0.15) is 0 Å². The maximum absolute atomic E-state index is 11.7. The molecule has 1 aromatic heterocycles. The van der Waals surface area contributed by atoms with Gasteiger partial charge in [-0.15, -0.1) is 0 Å². The Kier molecular flexibility index (Phi) is 15.3. The standard InChI is InChI=1S/C23H37N3O3/c1-2-3-4-5-6-9-13-22-14-12-17-26(20-22)18-19-29-23(28)25-16-11-8-7-10-15-24-21-27/h12,14,17,20H,2-11,13,15-16,18-19H2,1H3/p+1. The molecule has 162 valence electrons. The summed E-state index contributed by atoms with van der Waals surface area (Å²) in [5, 5.41) is 2.77. The molecule has 0 aromatic carbocycles. The van der Waals surface area contributed by atoms with Crippen LogP contribution in [0.5, 0.6) is 0 Å². The molecular formula is C23H38N3O3+. The second kappa shape index (κ2) is 17.9. The predicted octanol–water partition coefficient (Wildman–Crippen LogP) is 4.50. The van der Waals surface area contributed by atoms with Gasteiger partial charge in [-0.3, -0.25) is 0 Å². The van der Waals surface area contributed by atoms with Crippen molar-refractivity contribution in [2.75, 3.05) is 19.7 Å². The molecule has 1 amide bonds. The monoisotopic (exact) mass is 404 g/mol. The average Bonchev–Trinajstić information content (AvgIpc) is 2.73. The van der Waals surface area contributed by atoms with Crippen molar-refractivity contribution in [3.8, 4) is 0 Å². The van der Waals surface area contributed by atoms with Crippen LogP contribution in [0, 0.1) is 0 Å². The third-order valence-corrected chi connectivity index (χ3v) is 4.85. The molecule has 0 saturated carbocycles. The predicted molar refractivity (Wildman–Crippen MR) is 115 cm³/mol. The Hall–Kier alpha value is -2.20. The van der Waals surface area contributed by atoms with Gasteiger partial charge in [0.05, 0.1) is 6.54 Å². The fourth-order valence-corrected chi connectivity index (χ4v) is 3.17. The molecule has 0 saturated heterocycles. The Balaban J connectivity index is 2.08. The summed E-state index contributed by atoms with van der Waals surface area (Å²) in [6.07, 6.45) is 18.1. The number of carbonyl (C=O) groups is 1. The molecule has 6 nitrogen and oxygen atoms in total. The first kappa shape index (κ1) is 24.8. The average molecular weight is 405 g/mol. The maximum atomic E-state index is 11.7. The van der Waals surface area contributed by atoms with Crippen molar-refractivity contribution in [1.29, 1.82) is 0 Å². The van der Waals surface area contributed by atoms with Crippen molar-refractivity contribution in [3.63, 3.8) is 0 Å². The number of hydrogen-bond donors (Lipinski definition) is 1. The van der Waals surface area contributed by atoms with Gasteiger partial charge >= 0.3 is 6.09 Å². The lowest BCUT2D eigenvalue weighted by molar-refractivity contribution is -0.698. The molecule has 0 aliphatic carbocycles. The number of aromatic nitrogens is 1. The van der Waals surface area contributed by atoms with Crippen molar-refractivity contribution in [2.24, 2.45) is 4.99 Å². The van der Waals surface area contributed by atoms with E-state index in [-0.39, 0.29) is 6.09 Å². The maximum Gasteiger partial charge on any atom is 0.407 e. The van der Waals surface area contributed by atoms with Gasteiger partial charge in [0.25, 0.3) is 0 Å². The zero-order valence-corrected chi connectivity index (χ0v) is 18.0. The zero-order valence-electron chi connectivity index (χ0n) is 18.0. The van der Waals surface area contributed by atoms with Crippen molar-refractivity contribution in [1.82, 2.24) is 5.32 Å². The fraction of sp³-hybridized carbons (Fsp3) is 0.696. The quantitative estimate of drug-likeness (QED) is 0.180. The van der Waals surface area contributed by atoms with E-state index in [1.807, 2.05) is 6.20 Å². The largest absolute Gasteiger partial charge is 0.443 e. The van der Waals surface area contributed by atoms with E-state index in [4.69, 9.17) is 4.74 Å². The van der Waals surface area contributed by atoms with Crippen LogP contribution in [0.1, 0.15) is 76.7 Å². The van der Waals surface area contributed by atoms with E-state index in [1.54, 1.807) is 0 Å². The Morgan fingerprint density at radius 3 is 2.69 bits per heavy atom. The number of carbonyl (C=O) groups excluding carboxylic acids is 2. The molecule has 0 spiro atoms. The first-order valence-electron chi connectivity index (χ1n) is 11.2. The van der Waals surface area contributed by atoms with E-state index < -0.39 is 0 Å². The molecule has 0 aliphatic rings. The molecule has 1 aromatic rings. The van der Waals surface area contributed by atoms with Crippen molar-refractivity contribution >= 4 is 12.2 Å². The van der Waals surface area contributed by atoms with Crippen LogP contribution in [0.4, 0.5) is 4.79 Å². The Morgan fingerprint density at radius 1 is 1.10 bits per heavy atom. The summed E-state index contributed by atoms with van der Waals surface area (Å²) in [6.45, 7) is 4.41. The third-order valence-electron chi connectivity index (χ3n) is 4.85. The topological polar surface area (TPSA) is 71.6 Å². The molecule has 1 heterocycles. The van der Waals surface area contributed by atoms with E-state index in [9.17, 15) is 9.59 Å². The molecule has 1 rings (SSSR count). The summed E-state index contributed by atoms with van der Waals surface area (Å²) in [4.78, 5) is 25.2. The molecule has 0 aliphatic heterocycles. The van der Waals surface area contributed by atoms with Gasteiger partial charge in [0.1, 0.15) is 0 Å². The van der Waals surface area contributed by atoms with Gasteiger partial charge in [-0.25, -0.2) is 19.1 Å². The summed E-state index contributed by atoms with van der Waals surface area (Å²) >= 11 is 0. The molecule has 0 unspecified atom stereocenters. The summed E-state index contributed by atoms with van der Waals surface area (Å²) in [5.41, 5.74) is 1.34. The van der Waals surface area contributed by atoms with Gasteiger partial charge in [0.15, 0.2) is 25.5 Å². The molecule has 29 heavy (non-hydrogen) atoms. The first-order valence-corrected chi connectivity index (χ1v) is 11.2. The number of pyridine rings is 1. The molecule has 6 heteroatoms. The lowest BCUT2D eigenvalue weighted by Crippen LogP contribution is -2.37. The summed E-state index contributed by atoms with van der Waals surface area (Å²) < 4.78 is 7.34. The number of unbranched alkanes of at least 4 members (excludes halogenated alkanes) is 8. The smallest absolute Gasteiger partial charge is 0.407 e. The van der Waals surface area contributed by atoms with E-state index in [2.05, 4.69) is 40.1 Å². The van der Waals surface area contributed by atoms with E-state index in [0.29, 0.717) is 26.2 Å². The number of rotatable bonds is 17. The highest BCUT2D eigenvalue weighted by Crippen LogP contribution is 2.08. The molecule has 1 N–H and O–H groups in total. The minimum atomic E-state index is -0.362. The SMILES string of the molecule is CCCCCCCCc1ccc[n+](CCOC(=O)NCCCCCCN=C=O)c1. The molecule has 0 bridgehead atoms. The van der Waals surface area contributed by atoms with E-state index >= 15 is 0 Å². The van der Waals surface area contributed by atoms with Gasteiger partial charge in [0, 0.05) is 18.2 Å². The Labute approximate surface area is 175 Å². The number of aryl methyl sites for hydroxylation is 1. The Morgan fingerprint density at radius 2 is 1.86 bits per heavy atom. The first-order chi connectivity index (χ1) is 14.3. The lowest BCUT2D eigenvalue weighted by Gasteiger charge is -2.06. The van der Waals surface area contributed by atoms with E-state index in [1.165, 1.54) is 50.2 Å². The number of hydrogen-bond acceptors (Lipinski definition) is 4. The molecule has 0 radical (unpaired) electrons. The summed E-state index contributed by atoms with van der Waals surface area (Å²) in [5.74, 6) is 0. The number of nitrogens with zero attached hydrogens (tertiary/aromatic N) is 2. The molecular weight excluding hydrogens is 366 g/mol. The number of isocyanates is 1.